The molecule has 0 spiro atoms. The minimum absolute atomic E-state index is 0.0366. The number of benzene rings is 1. The second-order valence-corrected chi connectivity index (χ2v) is 8.74. The van der Waals surface area contributed by atoms with Crippen LogP contribution in [0.5, 0.6) is 0 Å². The van der Waals surface area contributed by atoms with Crippen molar-refractivity contribution in [1.29, 1.82) is 0 Å². The van der Waals surface area contributed by atoms with Crippen LogP contribution >= 0.6 is 0 Å². The molecule has 1 aromatic carbocycles. The molecule has 1 saturated carbocycles. The number of hydrogen-bond acceptors (Lipinski definition) is 7. The zero-order chi connectivity index (χ0) is 27.4. The van der Waals surface area contributed by atoms with Gasteiger partial charge in [0.25, 0.3) is 5.91 Å². The summed E-state index contributed by atoms with van der Waals surface area (Å²) in [5.41, 5.74) is 12.7. The van der Waals surface area contributed by atoms with Crippen LogP contribution in [0.2, 0.25) is 0 Å². The van der Waals surface area contributed by atoms with Gasteiger partial charge in [0.2, 0.25) is 5.91 Å². The fourth-order valence-corrected chi connectivity index (χ4v) is 3.45. The number of aryl methyl sites for hydroxylation is 1. The molecule has 0 unspecified atom stereocenters. The number of halogens is 3. The number of rotatable bonds is 7. The van der Waals surface area contributed by atoms with E-state index in [0.29, 0.717) is 28.8 Å². The van der Waals surface area contributed by atoms with Crippen molar-refractivity contribution in [3.8, 4) is 22.4 Å². The van der Waals surface area contributed by atoms with E-state index in [1.165, 1.54) is 6.33 Å². The van der Waals surface area contributed by atoms with Crippen LogP contribution in [0, 0.1) is 12.8 Å². The summed E-state index contributed by atoms with van der Waals surface area (Å²) in [6.45, 7) is 1.88. The first-order valence-corrected chi connectivity index (χ1v) is 11.5. The highest BCUT2D eigenvalue weighted by molar-refractivity contribution is 6.03. The van der Waals surface area contributed by atoms with Crippen LogP contribution in [0.15, 0.2) is 72.6 Å². The number of nitrogens with zero attached hydrogens (tertiary/aromatic N) is 3. The summed E-state index contributed by atoms with van der Waals surface area (Å²) in [4.78, 5) is 37.2. The molecule has 38 heavy (non-hydrogen) atoms. The molecule has 196 valence electrons. The number of carbonyl (C=O) groups excluding carboxylic acids is 2. The average Bonchev–Trinajstić information content (AvgIpc) is 3.73. The molecular weight excluding hydrogens is 499 g/mol. The lowest BCUT2D eigenvalue weighted by Crippen LogP contribution is -2.21. The fraction of sp³-hybridized carbons (Fsp3) is 0.192. The maximum Gasteiger partial charge on any atom is 0.430 e. The van der Waals surface area contributed by atoms with E-state index in [1.807, 2.05) is 13.0 Å². The molecule has 0 aliphatic heterocycles. The molecule has 9 nitrogen and oxygen atoms in total. The predicted octanol–water partition coefficient (Wildman–Crippen LogP) is 4.05. The third-order valence-electron chi connectivity index (χ3n) is 5.74. The predicted molar refractivity (Wildman–Crippen MR) is 136 cm³/mol. The number of hydrogen-bond donors (Lipinski definition) is 4. The summed E-state index contributed by atoms with van der Waals surface area (Å²) in [6.07, 6.45) is 2.99. The third kappa shape index (κ3) is 6.52. The highest BCUT2D eigenvalue weighted by Gasteiger charge is 2.31. The lowest BCUT2D eigenvalue weighted by molar-refractivity contribution is -0.117. The minimum atomic E-state index is -4.72. The van der Waals surface area contributed by atoms with Crippen molar-refractivity contribution < 1.29 is 22.8 Å². The first-order chi connectivity index (χ1) is 18.0. The van der Waals surface area contributed by atoms with Gasteiger partial charge in [-0.25, -0.2) is 9.97 Å². The molecule has 2 amide bonds. The molecule has 6 N–H and O–H groups in total. The Balaban J connectivity index is 1.54. The maximum absolute atomic E-state index is 12.5. The van der Waals surface area contributed by atoms with Gasteiger partial charge < -0.3 is 22.1 Å². The lowest BCUT2D eigenvalue weighted by Gasteiger charge is -2.12. The second-order valence-electron chi connectivity index (χ2n) is 8.74. The highest BCUT2D eigenvalue weighted by Crippen LogP contribution is 2.31. The molecule has 2 heterocycles. The van der Waals surface area contributed by atoms with E-state index in [0.717, 1.165) is 35.6 Å². The van der Waals surface area contributed by atoms with Gasteiger partial charge in [0.1, 0.15) is 17.8 Å². The van der Waals surface area contributed by atoms with Gasteiger partial charge in [-0.05, 0) is 61.2 Å². The van der Waals surface area contributed by atoms with E-state index in [-0.39, 0.29) is 11.8 Å². The number of amides is 2. The van der Waals surface area contributed by atoms with Crippen molar-refractivity contribution in [3.63, 3.8) is 0 Å². The number of alkyl halides is 3. The van der Waals surface area contributed by atoms with E-state index in [4.69, 9.17) is 11.5 Å². The molecule has 0 radical (unpaired) electrons. The van der Waals surface area contributed by atoms with Gasteiger partial charge in [-0.1, -0.05) is 6.07 Å². The van der Waals surface area contributed by atoms with Crippen molar-refractivity contribution in [3.05, 3.63) is 78.2 Å². The number of anilines is 2. The number of nitrogens with two attached hydrogens (primary N) is 2. The van der Waals surface area contributed by atoms with Crippen molar-refractivity contribution in [2.75, 3.05) is 10.6 Å². The van der Waals surface area contributed by atoms with Crippen LogP contribution in [-0.2, 0) is 9.59 Å². The first kappa shape index (κ1) is 26.3. The van der Waals surface area contributed by atoms with Crippen LogP contribution in [0.3, 0.4) is 0 Å². The first-order valence-electron chi connectivity index (χ1n) is 11.5. The largest absolute Gasteiger partial charge is 0.430 e. The van der Waals surface area contributed by atoms with Gasteiger partial charge >= 0.3 is 6.18 Å². The molecule has 1 aliphatic rings. The van der Waals surface area contributed by atoms with Gasteiger partial charge in [-0.3, -0.25) is 14.6 Å². The molecule has 2 aromatic heterocycles. The molecular formula is C26H24F3N7O2. The normalized spacial score (nSPS) is 14.2. The standard InChI is InChI=1S/C26H24F3N7O2/c1-14-2-5-18(35-25(38)20(30)6-7-22(31)26(27,28)29)9-19(14)16-8-17(12-32-11-16)21-10-23(34-13-33-21)36-24(37)15-3-4-15/h2,5-13,15H,3-4,30-31H2,1H3,(H,35,38)(H,33,34,36,37)/b20-6-,22-7-. The monoisotopic (exact) mass is 523 g/mol. The van der Waals surface area contributed by atoms with Crippen molar-refractivity contribution >= 4 is 23.3 Å². The summed E-state index contributed by atoms with van der Waals surface area (Å²) in [6, 6.07) is 8.63. The molecule has 0 saturated heterocycles. The van der Waals surface area contributed by atoms with E-state index >= 15 is 0 Å². The zero-order valence-corrected chi connectivity index (χ0v) is 20.2. The lowest BCUT2D eigenvalue weighted by atomic mass is 9.99. The van der Waals surface area contributed by atoms with Gasteiger partial charge in [-0.15, -0.1) is 0 Å². The van der Waals surface area contributed by atoms with Crippen LogP contribution in [0.4, 0.5) is 24.7 Å². The van der Waals surface area contributed by atoms with E-state index in [1.54, 1.807) is 36.7 Å². The van der Waals surface area contributed by atoms with E-state index in [2.05, 4.69) is 25.6 Å². The van der Waals surface area contributed by atoms with Gasteiger partial charge in [-0.2, -0.15) is 13.2 Å². The Bertz CT molecular complexity index is 1450. The summed E-state index contributed by atoms with van der Waals surface area (Å²) >= 11 is 0. The number of aromatic nitrogens is 3. The Labute approximate surface area is 215 Å². The van der Waals surface area contributed by atoms with Crippen LogP contribution in [0.25, 0.3) is 22.4 Å². The molecule has 1 aliphatic carbocycles. The number of pyridine rings is 1. The minimum Gasteiger partial charge on any atom is -0.395 e. The molecule has 0 bridgehead atoms. The smallest absolute Gasteiger partial charge is 0.395 e. The Kier molecular flexibility index (Phi) is 7.42. The van der Waals surface area contributed by atoms with Crippen molar-refractivity contribution in [2.24, 2.45) is 17.4 Å². The van der Waals surface area contributed by atoms with Gasteiger partial charge in [0.05, 0.1) is 11.4 Å². The zero-order valence-electron chi connectivity index (χ0n) is 20.2. The van der Waals surface area contributed by atoms with Gasteiger partial charge in [0.15, 0.2) is 0 Å². The SMILES string of the molecule is Cc1ccc(NC(=O)/C(N)=C/C=C(\N)C(F)(F)F)cc1-c1cncc(-c2cc(NC(=O)C3CC3)ncn2)c1. The van der Waals surface area contributed by atoms with Crippen LogP contribution in [-0.4, -0.2) is 32.9 Å². The average molecular weight is 524 g/mol. The van der Waals surface area contributed by atoms with Crippen molar-refractivity contribution in [2.45, 2.75) is 25.9 Å². The molecule has 0 atom stereocenters. The molecule has 3 aromatic rings. The Morgan fingerprint density at radius 3 is 2.45 bits per heavy atom. The van der Waals surface area contributed by atoms with E-state index in [9.17, 15) is 22.8 Å². The van der Waals surface area contributed by atoms with Crippen molar-refractivity contribution in [1.82, 2.24) is 15.0 Å². The van der Waals surface area contributed by atoms with E-state index < -0.39 is 23.5 Å². The number of carbonyl (C=O) groups is 2. The summed E-state index contributed by atoms with van der Waals surface area (Å²) in [5, 5.41) is 5.36. The molecule has 12 heteroatoms. The van der Waals surface area contributed by atoms with Gasteiger partial charge in [0, 0.05) is 41.2 Å². The van der Waals surface area contributed by atoms with Crippen LogP contribution in [0.1, 0.15) is 18.4 Å². The summed E-state index contributed by atoms with van der Waals surface area (Å²) in [7, 11) is 0. The molecule has 1 fully saturated rings. The fourth-order valence-electron chi connectivity index (χ4n) is 3.45. The Morgan fingerprint density at radius 2 is 1.74 bits per heavy atom. The third-order valence-corrected chi connectivity index (χ3v) is 5.74. The summed E-state index contributed by atoms with van der Waals surface area (Å²) in [5.74, 6) is -0.420. The number of nitrogens with one attached hydrogen (secondary N) is 2. The van der Waals surface area contributed by atoms with Crippen LogP contribution < -0.4 is 22.1 Å². The Hall–Kier alpha value is -4.74. The Morgan fingerprint density at radius 1 is 1.00 bits per heavy atom. The highest BCUT2D eigenvalue weighted by atomic mass is 19.4. The number of allylic oxidation sites excluding steroid dienone is 3. The summed E-state index contributed by atoms with van der Waals surface area (Å²) < 4.78 is 37.6. The topological polar surface area (TPSA) is 149 Å². The quantitative estimate of drug-likeness (QED) is 0.270. The second kappa shape index (κ2) is 10.7. The maximum atomic E-state index is 12.5. The molecule has 4 rings (SSSR count).